The normalized spacial score (nSPS) is 16.1. The van der Waals surface area contributed by atoms with Crippen molar-refractivity contribution in [1.82, 2.24) is 25.3 Å². The van der Waals surface area contributed by atoms with Gasteiger partial charge in [0, 0.05) is 48.2 Å². The average Bonchev–Trinajstić information content (AvgIpc) is 3.30. The van der Waals surface area contributed by atoms with Gasteiger partial charge in [-0.15, -0.1) is 35.3 Å². The van der Waals surface area contributed by atoms with Gasteiger partial charge in [0.15, 0.2) is 5.96 Å². The molecule has 0 saturated carbocycles. The SMILES string of the molecule is CCNC(=NCC(c1ccc(C)s1)N1CCOCC1)NCCCn1nc(C)cc1C.I. The predicted molar refractivity (Wildman–Crippen MR) is 140 cm³/mol. The fourth-order valence-corrected chi connectivity index (χ4v) is 4.77. The summed E-state index contributed by atoms with van der Waals surface area (Å²) in [5.41, 5.74) is 2.29. The molecule has 7 nitrogen and oxygen atoms in total. The molecule has 3 rings (SSSR count). The van der Waals surface area contributed by atoms with Crippen LogP contribution in [-0.2, 0) is 11.3 Å². The van der Waals surface area contributed by atoms with Crippen LogP contribution in [0, 0.1) is 20.8 Å². The summed E-state index contributed by atoms with van der Waals surface area (Å²) in [6, 6.07) is 6.89. The minimum atomic E-state index is 0. The smallest absolute Gasteiger partial charge is 0.191 e. The summed E-state index contributed by atoms with van der Waals surface area (Å²) >= 11 is 1.87. The number of morpholine rings is 1. The number of ether oxygens (including phenoxy) is 1. The van der Waals surface area contributed by atoms with Crippen molar-refractivity contribution in [2.24, 2.45) is 4.99 Å². The first-order chi connectivity index (χ1) is 14.6. The minimum Gasteiger partial charge on any atom is -0.379 e. The van der Waals surface area contributed by atoms with Crippen LogP contribution < -0.4 is 10.6 Å². The van der Waals surface area contributed by atoms with Crippen molar-refractivity contribution in [2.45, 2.75) is 46.7 Å². The molecule has 31 heavy (non-hydrogen) atoms. The molecule has 0 aliphatic carbocycles. The van der Waals surface area contributed by atoms with Crippen LogP contribution in [-0.4, -0.2) is 66.6 Å². The Kier molecular flexibility index (Phi) is 11.3. The summed E-state index contributed by atoms with van der Waals surface area (Å²) in [6.07, 6.45) is 1.00. The summed E-state index contributed by atoms with van der Waals surface area (Å²) in [6.45, 7) is 15.3. The first kappa shape index (κ1) is 26.1. The Hall–Kier alpha value is -1.17. The van der Waals surface area contributed by atoms with Gasteiger partial charge in [-0.05, 0) is 52.3 Å². The number of aromatic nitrogens is 2. The number of hydrogen-bond acceptors (Lipinski definition) is 5. The quantitative estimate of drug-likeness (QED) is 0.213. The Bertz CT molecular complexity index is 815. The number of nitrogens with one attached hydrogen (secondary N) is 2. The van der Waals surface area contributed by atoms with Crippen LogP contribution in [0.1, 0.15) is 40.5 Å². The van der Waals surface area contributed by atoms with Crippen molar-refractivity contribution in [3.8, 4) is 0 Å². The van der Waals surface area contributed by atoms with Gasteiger partial charge in [-0.3, -0.25) is 14.6 Å². The maximum absolute atomic E-state index is 5.56. The molecule has 0 bridgehead atoms. The molecule has 174 valence electrons. The summed E-state index contributed by atoms with van der Waals surface area (Å²) in [5, 5.41) is 11.4. The Morgan fingerprint density at radius 2 is 2.00 bits per heavy atom. The molecule has 3 heterocycles. The first-order valence-electron chi connectivity index (χ1n) is 11.0. The highest BCUT2D eigenvalue weighted by atomic mass is 127. The van der Waals surface area contributed by atoms with Gasteiger partial charge in [0.2, 0.25) is 0 Å². The third-order valence-electron chi connectivity index (χ3n) is 5.29. The number of guanidine groups is 1. The number of aryl methyl sites for hydroxylation is 4. The lowest BCUT2D eigenvalue weighted by atomic mass is 10.2. The summed E-state index contributed by atoms with van der Waals surface area (Å²) < 4.78 is 7.64. The standard InChI is InChI=1S/C22H36N6OS.HI/c1-5-23-22(24-9-6-10-28-18(3)15-17(2)26-28)25-16-20(21-8-7-19(4)30-21)27-11-13-29-14-12-27;/h7-8,15,20H,5-6,9-14,16H2,1-4H3,(H2,23,24,25);1H. The second-order valence-electron chi connectivity index (χ2n) is 7.76. The topological polar surface area (TPSA) is 66.7 Å². The molecule has 0 spiro atoms. The molecule has 2 aromatic heterocycles. The zero-order valence-electron chi connectivity index (χ0n) is 19.2. The van der Waals surface area contributed by atoms with Gasteiger partial charge in [0.1, 0.15) is 0 Å². The van der Waals surface area contributed by atoms with Crippen molar-refractivity contribution in [2.75, 3.05) is 45.9 Å². The molecular formula is C22H37IN6OS. The van der Waals surface area contributed by atoms with E-state index in [2.05, 4.69) is 64.3 Å². The van der Waals surface area contributed by atoms with E-state index >= 15 is 0 Å². The maximum Gasteiger partial charge on any atom is 0.191 e. The molecule has 2 N–H and O–H groups in total. The van der Waals surface area contributed by atoms with E-state index in [9.17, 15) is 0 Å². The van der Waals surface area contributed by atoms with Crippen LogP contribution in [0.4, 0.5) is 0 Å². The van der Waals surface area contributed by atoms with E-state index in [0.717, 1.165) is 70.6 Å². The summed E-state index contributed by atoms with van der Waals surface area (Å²) in [4.78, 5) is 10.2. The lowest BCUT2D eigenvalue weighted by molar-refractivity contribution is 0.0186. The van der Waals surface area contributed by atoms with Gasteiger partial charge in [-0.25, -0.2) is 0 Å². The largest absolute Gasteiger partial charge is 0.379 e. The van der Waals surface area contributed by atoms with Crippen molar-refractivity contribution in [1.29, 1.82) is 0 Å². The second-order valence-corrected chi connectivity index (χ2v) is 9.08. The van der Waals surface area contributed by atoms with E-state index in [0.29, 0.717) is 6.04 Å². The van der Waals surface area contributed by atoms with Gasteiger partial charge in [0.05, 0.1) is 31.5 Å². The number of aliphatic imine (C=N–C) groups is 1. The molecule has 1 unspecified atom stereocenters. The highest BCUT2D eigenvalue weighted by Crippen LogP contribution is 2.28. The maximum atomic E-state index is 5.56. The third-order valence-corrected chi connectivity index (χ3v) is 6.39. The highest BCUT2D eigenvalue weighted by Gasteiger charge is 2.23. The van der Waals surface area contributed by atoms with Crippen LogP contribution >= 0.6 is 35.3 Å². The number of halogens is 1. The van der Waals surface area contributed by atoms with Gasteiger partial charge >= 0.3 is 0 Å². The molecule has 1 atom stereocenters. The number of rotatable bonds is 9. The second kappa shape index (κ2) is 13.4. The van der Waals surface area contributed by atoms with Crippen LogP contribution in [0.15, 0.2) is 23.2 Å². The molecule has 1 aliphatic rings. The number of hydrogen-bond donors (Lipinski definition) is 2. The molecule has 0 amide bonds. The van der Waals surface area contributed by atoms with E-state index in [1.54, 1.807) is 0 Å². The summed E-state index contributed by atoms with van der Waals surface area (Å²) in [5.74, 6) is 0.886. The Morgan fingerprint density at radius 1 is 1.23 bits per heavy atom. The van der Waals surface area contributed by atoms with Crippen LogP contribution in [0.5, 0.6) is 0 Å². The van der Waals surface area contributed by atoms with Gasteiger partial charge in [0.25, 0.3) is 0 Å². The minimum absolute atomic E-state index is 0. The van der Waals surface area contributed by atoms with Gasteiger partial charge in [-0.1, -0.05) is 0 Å². The van der Waals surface area contributed by atoms with Crippen LogP contribution in [0.3, 0.4) is 0 Å². The monoisotopic (exact) mass is 560 g/mol. The highest BCUT2D eigenvalue weighted by molar-refractivity contribution is 14.0. The average molecular weight is 561 g/mol. The molecule has 1 saturated heterocycles. The molecular weight excluding hydrogens is 523 g/mol. The zero-order chi connectivity index (χ0) is 21.3. The van der Waals surface area contributed by atoms with E-state index in [4.69, 9.17) is 9.73 Å². The molecule has 1 fully saturated rings. The number of nitrogens with zero attached hydrogens (tertiary/aromatic N) is 4. The molecule has 9 heteroatoms. The fraction of sp³-hybridized carbons (Fsp3) is 0.636. The summed E-state index contributed by atoms with van der Waals surface area (Å²) in [7, 11) is 0. The zero-order valence-corrected chi connectivity index (χ0v) is 22.3. The lowest BCUT2D eigenvalue weighted by Crippen LogP contribution is -2.41. The molecule has 0 radical (unpaired) electrons. The third kappa shape index (κ3) is 8.03. The van der Waals surface area contributed by atoms with Crippen molar-refractivity contribution in [3.05, 3.63) is 39.3 Å². The van der Waals surface area contributed by atoms with E-state index in [1.807, 2.05) is 18.3 Å². The van der Waals surface area contributed by atoms with E-state index < -0.39 is 0 Å². The fourth-order valence-electron chi connectivity index (χ4n) is 3.76. The molecule has 1 aliphatic heterocycles. The lowest BCUT2D eigenvalue weighted by Gasteiger charge is -2.33. The molecule has 0 aromatic carbocycles. The van der Waals surface area contributed by atoms with E-state index in [-0.39, 0.29) is 24.0 Å². The Balaban J connectivity index is 0.00000341. The van der Waals surface area contributed by atoms with Crippen molar-refractivity contribution >= 4 is 41.3 Å². The Labute approximate surface area is 207 Å². The Morgan fingerprint density at radius 3 is 2.61 bits per heavy atom. The van der Waals surface area contributed by atoms with Gasteiger partial charge in [-0.2, -0.15) is 5.10 Å². The van der Waals surface area contributed by atoms with Gasteiger partial charge < -0.3 is 15.4 Å². The van der Waals surface area contributed by atoms with Crippen molar-refractivity contribution in [3.63, 3.8) is 0 Å². The first-order valence-corrected chi connectivity index (χ1v) is 11.8. The van der Waals surface area contributed by atoms with Crippen LogP contribution in [0.2, 0.25) is 0 Å². The molecule has 2 aromatic rings. The number of thiophene rings is 1. The van der Waals surface area contributed by atoms with Crippen molar-refractivity contribution < 1.29 is 4.74 Å². The van der Waals surface area contributed by atoms with Crippen LogP contribution in [0.25, 0.3) is 0 Å². The van der Waals surface area contributed by atoms with E-state index in [1.165, 1.54) is 15.4 Å². The predicted octanol–water partition coefficient (Wildman–Crippen LogP) is 3.51.